The van der Waals surface area contributed by atoms with E-state index < -0.39 is 29.8 Å². The Morgan fingerprint density at radius 1 is 1.18 bits per heavy atom. The first-order valence-electron chi connectivity index (χ1n) is 6.40. The van der Waals surface area contributed by atoms with Crippen molar-refractivity contribution in [3.63, 3.8) is 0 Å². The highest BCUT2D eigenvalue weighted by Crippen LogP contribution is 2.25. The molecule has 0 bridgehead atoms. The molecular weight excluding hydrogens is 297 g/mol. The van der Waals surface area contributed by atoms with E-state index in [1.165, 1.54) is 0 Å². The van der Waals surface area contributed by atoms with Gasteiger partial charge >= 0.3 is 6.18 Å². The smallest absolute Gasteiger partial charge is 0.325 e. The summed E-state index contributed by atoms with van der Waals surface area (Å²) in [7, 11) is 0. The van der Waals surface area contributed by atoms with Gasteiger partial charge in [0, 0.05) is 11.9 Å². The zero-order valence-electron chi connectivity index (χ0n) is 11.6. The van der Waals surface area contributed by atoms with E-state index in [1.54, 1.807) is 24.3 Å². The van der Waals surface area contributed by atoms with E-state index in [2.05, 4.69) is 5.32 Å². The summed E-state index contributed by atoms with van der Waals surface area (Å²) in [6.07, 6.45) is -3.60. The molecule has 0 aliphatic heterocycles. The summed E-state index contributed by atoms with van der Waals surface area (Å²) in [4.78, 5) is 23.5. The van der Waals surface area contributed by atoms with Crippen molar-refractivity contribution in [3.8, 4) is 0 Å². The van der Waals surface area contributed by atoms with Crippen molar-refractivity contribution in [3.05, 3.63) is 64.1 Å². The topological polar surface area (TPSA) is 51.1 Å². The Labute approximate surface area is 124 Å². The molecular formula is C15H13F3N2O2. The average molecular weight is 310 g/mol. The van der Waals surface area contributed by atoms with Gasteiger partial charge in [0.25, 0.3) is 5.56 Å². The average Bonchev–Trinajstić information content (AvgIpc) is 2.42. The van der Waals surface area contributed by atoms with Crippen molar-refractivity contribution < 1.29 is 18.0 Å². The minimum atomic E-state index is -4.74. The number of amides is 1. The molecule has 1 amide bonds. The molecule has 1 aromatic carbocycles. The van der Waals surface area contributed by atoms with Crippen LogP contribution < -0.4 is 10.9 Å². The second-order valence-corrected chi connectivity index (χ2v) is 4.77. The van der Waals surface area contributed by atoms with Crippen LogP contribution in [-0.2, 0) is 17.5 Å². The molecule has 116 valence electrons. The first kappa shape index (κ1) is 15.8. The molecule has 0 radical (unpaired) electrons. The number of hydrogen-bond acceptors (Lipinski definition) is 2. The first-order valence-corrected chi connectivity index (χ1v) is 6.40. The van der Waals surface area contributed by atoms with Gasteiger partial charge in [0.2, 0.25) is 5.91 Å². The van der Waals surface area contributed by atoms with Crippen LogP contribution >= 0.6 is 0 Å². The summed E-state index contributed by atoms with van der Waals surface area (Å²) in [6.45, 7) is 1.39. The summed E-state index contributed by atoms with van der Waals surface area (Å²) in [5.41, 5.74) is -1.02. The molecule has 0 aliphatic rings. The lowest BCUT2D eigenvalue weighted by Gasteiger charge is -2.10. The van der Waals surface area contributed by atoms with Gasteiger partial charge in [0.05, 0.1) is 0 Å². The maximum Gasteiger partial charge on any atom is 0.421 e. The number of benzene rings is 1. The molecule has 1 heterocycles. The van der Waals surface area contributed by atoms with E-state index in [1.807, 2.05) is 6.92 Å². The number of rotatable bonds is 3. The van der Waals surface area contributed by atoms with Crippen molar-refractivity contribution in [2.45, 2.75) is 19.6 Å². The monoisotopic (exact) mass is 310 g/mol. The second kappa shape index (κ2) is 6.05. The van der Waals surface area contributed by atoms with Gasteiger partial charge in [0.1, 0.15) is 12.1 Å². The SMILES string of the molecule is Cc1ccc(NC(=O)Cn2cccc(C(F)(F)F)c2=O)cc1. The molecule has 0 aliphatic carbocycles. The van der Waals surface area contributed by atoms with E-state index in [0.29, 0.717) is 11.8 Å². The fourth-order valence-corrected chi connectivity index (χ4v) is 1.87. The summed E-state index contributed by atoms with van der Waals surface area (Å²) < 4.78 is 38.6. The van der Waals surface area contributed by atoms with Crippen molar-refractivity contribution in [1.82, 2.24) is 4.57 Å². The fourth-order valence-electron chi connectivity index (χ4n) is 1.87. The molecule has 0 saturated heterocycles. The van der Waals surface area contributed by atoms with Crippen molar-refractivity contribution in [2.75, 3.05) is 5.32 Å². The number of aromatic nitrogens is 1. The van der Waals surface area contributed by atoms with Gasteiger partial charge in [-0.15, -0.1) is 0 Å². The third-order valence-electron chi connectivity index (χ3n) is 2.97. The molecule has 4 nitrogen and oxygen atoms in total. The normalized spacial score (nSPS) is 11.3. The van der Waals surface area contributed by atoms with Crippen LogP contribution in [-0.4, -0.2) is 10.5 Å². The molecule has 1 N–H and O–H groups in total. The lowest BCUT2D eigenvalue weighted by atomic mass is 10.2. The molecule has 0 atom stereocenters. The van der Waals surface area contributed by atoms with Crippen LogP contribution in [0, 0.1) is 6.92 Å². The number of halogens is 3. The van der Waals surface area contributed by atoms with Crippen molar-refractivity contribution in [1.29, 1.82) is 0 Å². The first-order chi connectivity index (χ1) is 10.3. The van der Waals surface area contributed by atoms with Crippen LogP contribution in [0.3, 0.4) is 0 Å². The van der Waals surface area contributed by atoms with Gasteiger partial charge in [0.15, 0.2) is 0 Å². The second-order valence-electron chi connectivity index (χ2n) is 4.77. The zero-order chi connectivity index (χ0) is 16.3. The lowest BCUT2D eigenvalue weighted by molar-refractivity contribution is -0.139. The molecule has 7 heteroatoms. The van der Waals surface area contributed by atoms with E-state index in [9.17, 15) is 22.8 Å². The van der Waals surface area contributed by atoms with Crippen molar-refractivity contribution in [2.24, 2.45) is 0 Å². The van der Waals surface area contributed by atoms with Crippen LogP contribution in [0.1, 0.15) is 11.1 Å². The molecule has 22 heavy (non-hydrogen) atoms. The van der Waals surface area contributed by atoms with Crippen LogP contribution in [0.4, 0.5) is 18.9 Å². The van der Waals surface area contributed by atoms with Gasteiger partial charge in [-0.2, -0.15) is 13.2 Å². The van der Waals surface area contributed by atoms with Crippen LogP contribution in [0.25, 0.3) is 0 Å². The van der Waals surface area contributed by atoms with Gasteiger partial charge in [-0.05, 0) is 31.2 Å². The maximum atomic E-state index is 12.6. The van der Waals surface area contributed by atoms with Crippen LogP contribution in [0.5, 0.6) is 0 Å². The summed E-state index contributed by atoms with van der Waals surface area (Å²) in [6, 6.07) is 8.68. The summed E-state index contributed by atoms with van der Waals surface area (Å²) in [5.74, 6) is -0.578. The van der Waals surface area contributed by atoms with E-state index in [4.69, 9.17) is 0 Å². The maximum absolute atomic E-state index is 12.6. The van der Waals surface area contributed by atoms with Gasteiger partial charge < -0.3 is 9.88 Å². The quantitative estimate of drug-likeness (QED) is 0.948. The Bertz CT molecular complexity index is 734. The number of alkyl halides is 3. The minimum Gasteiger partial charge on any atom is -0.325 e. The minimum absolute atomic E-state index is 0.489. The van der Waals surface area contributed by atoms with E-state index in [0.717, 1.165) is 22.4 Å². The number of hydrogen-bond donors (Lipinski definition) is 1. The van der Waals surface area contributed by atoms with E-state index in [-0.39, 0.29) is 0 Å². The number of nitrogens with one attached hydrogen (secondary N) is 1. The van der Waals surface area contributed by atoms with Gasteiger partial charge in [-0.25, -0.2) is 0 Å². The third kappa shape index (κ3) is 3.75. The van der Waals surface area contributed by atoms with Crippen LogP contribution in [0.15, 0.2) is 47.4 Å². The Kier molecular flexibility index (Phi) is 4.35. The Morgan fingerprint density at radius 2 is 1.82 bits per heavy atom. The molecule has 2 aromatic rings. The number of anilines is 1. The largest absolute Gasteiger partial charge is 0.421 e. The predicted octanol–water partition coefficient (Wildman–Crippen LogP) is 2.81. The zero-order valence-corrected chi connectivity index (χ0v) is 11.6. The molecule has 1 aromatic heterocycles. The predicted molar refractivity (Wildman–Crippen MR) is 75.5 cm³/mol. The highest BCUT2D eigenvalue weighted by molar-refractivity contribution is 5.90. The lowest BCUT2D eigenvalue weighted by Crippen LogP contribution is -2.31. The number of carbonyl (C=O) groups excluding carboxylic acids is 1. The molecule has 0 spiro atoms. The standard InChI is InChI=1S/C15H13F3N2O2/c1-10-4-6-11(7-5-10)19-13(21)9-20-8-2-3-12(14(20)22)15(16,17)18/h2-8H,9H2,1H3,(H,19,21). The number of nitrogens with zero attached hydrogens (tertiary/aromatic N) is 1. The third-order valence-corrected chi connectivity index (χ3v) is 2.97. The number of carbonyl (C=O) groups is 1. The van der Waals surface area contributed by atoms with E-state index >= 15 is 0 Å². The van der Waals surface area contributed by atoms with Gasteiger partial charge in [-0.1, -0.05) is 17.7 Å². The Balaban J connectivity index is 2.15. The molecule has 0 saturated carbocycles. The van der Waals surface area contributed by atoms with Gasteiger partial charge in [-0.3, -0.25) is 9.59 Å². The number of aryl methyl sites for hydroxylation is 1. The highest BCUT2D eigenvalue weighted by atomic mass is 19.4. The fraction of sp³-hybridized carbons (Fsp3) is 0.200. The van der Waals surface area contributed by atoms with Crippen LogP contribution in [0.2, 0.25) is 0 Å². The van der Waals surface area contributed by atoms with Crippen molar-refractivity contribution >= 4 is 11.6 Å². The highest BCUT2D eigenvalue weighted by Gasteiger charge is 2.34. The molecule has 0 unspecified atom stereocenters. The Morgan fingerprint density at radius 3 is 2.41 bits per heavy atom. The summed E-state index contributed by atoms with van der Waals surface area (Å²) >= 11 is 0. The molecule has 2 rings (SSSR count). The Hall–Kier alpha value is -2.57. The molecule has 0 fully saturated rings. The summed E-state index contributed by atoms with van der Waals surface area (Å²) in [5, 5.41) is 2.52. The number of pyridine rings is 1.